The summed E-state index contributed by atoms with van der Waals surface area (Å²) < 4.78 is 9.97. The summed E-state index contributed by atoms with van der Waals surface area (Å²) in [7, 11) is 2.91. The molecule has 0 atom stereocenters. The molecule has 2 N–H and O–H groups in total. The Morgan fingerprint density at radius 1 is 1.24 bits per heavy atom. The smallest absolute Gasteiger partial charge is 0.343 e. The SMILES string of the molecule is COC(=O)c1c(C)nc(Cc2ccccc2OC)nc1N. The van der Waals surface area contributed by atoms with Crippen LogP contribution in [-0.2, 0) is 11.2 Å². The Bertz CT molecular complexity index is 648. The molecule has 1 aromatic heterocycles. The summed E-state index contributed by atoms with van der Waals surface area (Å²) in [5.41, 5.74) is 7.50. The number of anilines is 1. The molecule has 0 spiro atoms. The highest BCUT2D eigenvalue weighted by atomic mass is 16.5. The number of rotatable bonds is 4. The lowest BCUT2D eigenvalue weighted by Gasteiger charge is -2.10. The van der Waals surface area contributed by atoms with Crippen molar-refractivity contribution in [3.8, 4) is 5.75 Å². The molecule has 0 fully saturated rings. The Balaban J connectivity index is 2.36. The van der Waals surface area contributed by atoms with E-state index < -0.39 is 5.97 Å². The van der Waals surface area contributed by atoms with E-state index in [1.807, 2.05) is 24.3 Å². The third kappa shape index (κ3) is 3.10. The van der Waals surface area contributed by atoms with Crippen molar-refractivity contribution in [1.82, 2.24) is 9.97 Å². The summed E-state index contributed by atoms with van der Waals surface area (Å²) in [6, 6.07) is 7.61. The summed E-state index contributed by atoms with van der Waals surface area (Å²) in [4.78, 5) is 20.1. The zero-order valence-corrected chi connectivity index (χ0v) is 12.2. The number of aromatic nitrogens is 2. The minimum atomic E-state index is -0.533. The quantitative estimate of drug-likeness (QED) is 0.862. The minimum absolute atomic E-state index is 0.124. The average Bonchev–Trinajstić information content (AvgIpc) is 2.46. The fraction of sp³-hybridized carbons (Fsp3) is 0.267. The van der Waals surface area contributed by atoms with E-state index in [1.54, 1.807) is 14.0 Å². The highest BCUT2D eigenvalue weighted by molar-refractivity contribution is 5.95. The molecular formula is C15H17N3O3. The van der Waals surface area contributed by atoms with E-state index in [0.717, 1.165) is 11.3 Å². The summed E-state index contributed by atoms with van der Waals surface area (Å²) in [6.45, 7) is 1.70. The molecule has 0 saturated carbocycles. The number of nitrogens with two attached hydrogens (primary N) is 1. The van der Waals surface area contributed by atoms with E-state index in [4.69, 9.17) is 10.5 Å². The molecule has 2 aromatic rings. The molecule has 0 unspecified atom stereocenters. The zero-order valence-electron chi connectivity index (χ0n) is 12.2. The Morgan fingerprint density at radius 2 is 1.95 bits per heavy atom. The van der Waals surface area contributed by atoms with Crippen LogP contribution in [0.5, 0.6) is 5.75 Å². The Hall–Kier alpha value is -2.63. The standard InChI is InChI=1S/C15H17N3O3/c1-9-13(15(19)21-3)14(16)18-12(17-9)8-10-6-4-5-7-11(10)20-2/h4-7H,8H2,1-3H3,(H2,16,17,18). The summed E-state index contributed by atoms with van der Waals surface area (Å²) in [5, 5.41) is 0. The maximum atomic E-state index is 11.6. The van der Waals surface area contributed by atoms with Crippen LogP contribution in [0.3, 0.4) is 0 Å². The first-order valence-electron chi connectivity index (χ1n) is 6.40. The second kappa shape index (κ2) is 6.21. The van der Waals surface area contributed by atoms with Gasteiger partial charge in [0, 0.05) is 12.0 Å². The molecule has 2 rings (SSSR count). The average molecular weight is 287 g/mol. The van der Waals surface area contributed by atoms with Gasteiger partial charge in [0.2, 0.25) is 0 Å². The molecular weight excluding hydrogens is 270 g/mol. The minimum Gasteiger partial charge on any atom is -0.496 e. The second-order valence-electron chi connectivity index (χ2n) is 4.47. The molecule has 110 valence electrons. The van der Waals surface area contributed by atoms with Crippen molar-refractivity contribution >= 4 is 11.8 Å². The van der Waals surface area contributed by atoms with E-state index in [-0.39, 0.29) is 11.4 Å². The maximum Gasteiger partial charge on any atom is 0.343 e. The van der Waals surface area contributed by atoms with E-state index in [1.165, 1.54) is 7.11 Å². The molecule has 0 aliphatic carbocycles. The van der Waals surface area contributed by atoms with Gasteiger partial charge in [-0.15, -0.1) is 0 Å². The van der Waals surface area contributed by atoms with Crippen LogP contribution in [0.1, 0.15) is 27.4 Å². The third-order valence-corrected chi connectivity index (χ3v) is 3.09. The zero-order chi connectivity index (χ0) is 15.4. The van der Waals surface area contributed by atoms with Gasteiger partial charge in [-0.3, -0.25) is 0 Å². The molecule has 21 heavy (non-hydrogen) atoms. The molecule has 0 saturated heterocycles. The first kappa shape index (κ1) is 14.8. The molecule has 0 bridgehead atoms. The highest BCUT2D eigenvalue weighted by Gasteiger charge is 2.17. The van der Waals surface area contributed by atoms with Crippen molar-refractivity contribution in [3.05, 3.63) is 46.9 Å². The van der Waals surface area contributed by atoms with Gasteiger partial charge in [0.25, 0.3) is 0 Å². The van der Waals surface area contributed by atoms with Crippen LogP contribution in [0.2, 0.25) is 0 Å². The van der Waals surface area contributed by atoms with Gasteiger partial charge in [-0.1, -0.05) is 18.2 Å². The van der Waals surface area contributed by atoms with Crippen LogP contribution in [0, 0.1) is 6.92 Å². The number of nitrogens with zero attached hydrogens (tertiary/aromatic N) is 2. The molecule has 1 aromatic carbocycles. The van der Waals surface area contributed by atoms with Gasteiger partial charge in [0.1, 0.15) is 23.0 Å². The largest absolute Gasteiger partial charge is 0.496 e. The van der Waals surface area contributed by atoms with Gasteiger partial charge < -0.3 is 15.2 Å². The van der Waals surface area contributed by atoms with Gasteiger partial charge in [0.15, 0.2) is 0 Å². The van der Waals surface area contributed by atoms with Crippen LogP contribution >= 0.6 is 0 Å². The van der Waals surface area contributed by atoms with Crippen molar-refractivity contribution in [3.63, 3.8) is 0 Å². The fourth-order valence-corrected chi connectivity index (χ4v) is 2.11. The normalized spacial score (nSPS) is 10.2. The van der Waals surface area contributed by atoms with E-state index in [2.05, 4.69) is 14.7 Å². The maximum absolute atomic E-state index is 11.6. The summed E-state index contributed by atoms with van der Waals surface area (Å²) in [5.74, 6) is 0.879. The topological polar surface area (TPSA) is 87.3 Å². The molecule has 6 nitrogen and oxygen atoms in total. The lowest BCUT2D eigenvalue weighted by molar-refractivity contribution is 0.0600. The number of ether oxygens (including phenoxy) is 2. The Kier molecular flexibility index (Phi) is 4.37. The van der Waals surface area contributed by atoms with Crippen LogP contribution in [0.4, 0.5) is 5.82 Å². The van der Waals surface area contributed by atoms with Crippen molar-refractivity contribution in [2.24, 2.45) is 0 Å². The number of methoxy groups -OCH3 is 2. The van der Waals surface area contributed by atoms with Crippen molar-refractivity contribution < 1.29 is 14.3 Å². The van der Waals surface area contributed by atoms with Gasteiger partial charge in [-0.05, 0) is 13.0 Å². The summed E-state index contributed by atoms with van der Waals surface area (Å²) >= 11 is 0. The number of hydrogen-bond donors (Lipinski definition) is 1. The van der Waals surface area contributed by atoms with Gasteiger partial charge in [-0.25, -0.2) is 14.8 Å². The van der Waals surface area contributed by atoms with Crippen molar-refractivity contribution in [2.75, 3.05) is 20.0 Å². The van der Waals surface area contributed by atoms with Crippen molar-refractivity contribution in [2.45, 2.75) is 13.3 Å². The number of nitrogen functional groups attached to an aromatic ring is 1. The molecule has 0 amide bonds. The van der Waals surface area contributed by atoms with Gasteiger partial charge in [-0.2, -0.15) is 0 Å². The number of aryl methyl sites for hydroxylation is 1. The number of esters is 1. The van der Waals surface area contributed by atoms with Gasteiger partial charge in [0.05, 0.1) is 19.9 Å². The van der Waals surface area contributed by atoms with E-state index >= 15 is 0 Å². The monoisotopic (exact) mass is 287 g/mol. The second-order valence-corrected chi connectivity index (χ2v) is 4.47. The number of hydrogen-bond acceptors (Lipinski definition) is 6. The number of carbonyl (C=O) groups excluding carboxylic acids is 1. The van der Waals surface area contributed by atoms with E-state index in [0.29, 0.717) is 17.9 Å². The van der Waals surface area contributed by atoms with Crippen LogP contribution < -0.4 is 10.5 Å². The Labute approximate surface area is 122 Å². The molecule has 1 heterocycles. The molecule has 6 heteroatoms. The van der Waals surface area contributed by atoms with Crippen LogP contribution in [0.15, 0.2) is 24.3 Å². The molecule has 0 aliphatic heterocycles. The third-order valence-electron chi connectivity index (χ3n) is 3.09. The predicted molar refractivity (Wildman–Crippen MR) is 78.3 cm³/mol. The number of benzene rings is 1. The molecule has 0 aliphatic rings. The van der Waals surface area contributed by atoms with Crippen LogP contribution in [0.25, 0.3) is 0 Å². The lowest BCUT2D eigenvalue weighted by atomic mass is 10.1. The number of carbonyl (C=O) groups is 1. The molecule has 0 radical (unpaired) electrons. The van der Waals surface area contributed by atoms with E-state index in [9.17, 15) is 4.79 Å². The van der Waals surface area contributed by atoms with Gasteiger partial charge >= 0.3 is 5.97 Å². The fourth-order valence-electron chi connectivity index (χ4n) is 2.11. The predicted octanol–water partition coefficient (Wildman–Crippen LogP) is 1.75. The Morgan fingerprint density at radius 3 is 2.57 bits per heavy atom. The first-order chi connectivity index (χ1) is 10.1. The number of para-hydroxylation sites is 1. The highest BCUT2D eigenvalue weighted by Crippen LogP contribution is 2.21. The van der Waals surface area contributed by atoms with Crippen LogP contribution in [-0.4, -0.2) is 30.2 Å². The first-order valence-corrected chi connectivity index (χ1v) is 6.40. The lowest BCUT2D eigenvalue weighted by Crippen LogP contribution is -2.13. The van der Waals surface area contributed by atoms with Crippen molar-refractivity contribution in [1.29, 1.82) is 0 Å². The summed E-state index contributed by atoms with van der Waals surface area (Å²) in [6.07, 6.45) is 0.469.